The van der Waals surface area contributed by atoms with Crippen LogP contribution in [0.5, 0.6) is 0 Å². The number of aromatic nitrogens is 4. The number of benzene rings is 1. The molecule has 4 aromatic rings. The van der Waals surface area contributed by atoms with Gasteiger partial charge in [0, 0.05) is 31.0 Å². The molecule has 216 valence electrons. The molecule has 12 heteroatoms. The van der Waals surface area contributed by atoms with Crippen LogP contribution in [-0.4, -0.2) is 44.3 Å². The maximum atomic E-state index is 13.6. The minimum Gasteiger partial charge on any atom is -0.444 e. The summed E-state index contributed by atoms with van der Waals surface area (Å²) in [4.78, 5) is 34.5. The van der Waals surface area contributed by atoms with Gasteiger partial charge in [-0.1, -0.05) is 18.2 Å². The number of hydrogen-bond acceptors (Lipinski definition) is 8. The fourth-order valence-corrected chi connectivity index (χ4v) is 4.06. The predicted molar refractivity (Wildman–Crippen MR) is 154 cm³/mol. The maximum absolute atomic E-state index is 13.6. The number of carbonyl (C=O) groups excluding carboxylic acids is 2. The predicted octanol–water partition coefficient (Wildman–Crippen LogP) is 4.49. The van der Waals surface area contributed by atoms with E-state index in [0.29, 0.717) is 35.5 Å². The monoisotopic (exact) mass is 570 g/mol. The number of nitrogens with zero attached hydrogens (tertiary/aromatic N) is 4. The van der Waals surface area contributed by atoms with Crippen LogP contribution in [0.2, 0.25) is 0 Å². The molecule has 0 saturated carbocycles. The topological polar surface area (TPSA) is 158 Å². The number of aromatic amines is 1. The first-order valence-corrected chi connectivity index (χ1v) is 13.2. The Morgan fingerprint density at radius 1 is 1.12 bits per heavy atom. The molecule has 0 spiro atoms. The first-order chi connectivity index (χ1) is 20.1. The second-order valence-corrected chi connectivity index (χ2v) is 10.3. The van der Waals surface area contributed by atoms with Crippen molar-refractivity contribution in [2.24, 2.45) is 0 Å². The Labute approximate surface area is 242 Å². The van der Waals surface area contributed by atoms with E-state index in [-0.39, 0.29) is 35.9 Å². The number of nitriles is 1. The van der Waals surface area contributed by atoms with Crippen molar-refractivity contribution in [2.45, 2.75) is 45.9 Å². The van der Waals surface area contributed by atoms with Crippen LogP contribution in [0, 0.1) is 17.1 Å². The Morgan fingerprint density at radius 2 is 1.95 bits per heavy atom. The van der Waals surface area contributed by atoms with Gasteiger partial charge in [-0.25, -0.2) is 14.2 Å². The Balaban J connectivity index is 1.52. The van der Waals surface area contributed by atoms with Gasteiger partial charge in [-0.05, 0) is 62.6 Å². The normalized spacial score (nSPS) is 10.9. The second-order valence-electron chi connectivity index (χ2n) is 10.3. The number of H-pyrrole nitrogens is 1. The summed E-state index contributed by atoms with van der Waals surface area (Å²) in [5, 5.41) is 25.2. The minimum atomic E-state index is -0.641. The molecule has 3 heterocycles. The average Bonchev–Trinajstić information content (AvgIpc) is 3.49. The molecule has 1 aromatic carbocycles. The van der Waals surface area contributed by atoms with E-state index in [1.807, 2.05) is 6.07 Å². The molecule has 3 aromatic heterocycles. The minimum absolute atomic E-state index is 0.103. The Bertz CT molecular complexity index is 1590. The van der Waals surface area contributed by atoms with Crippen LogP contribution in [0.25, 0.3) is 11.3 Å². The van der Waals surface area contributed by atoms with Crippen LogP contribution in [0.15, 0.2) is 61.1 Å². The van der Waals surface area contributed by atoms with Gasteiger partial charge in [0.2, 0.25) is 0 Å². The lowest BCUT2D eigenvalue weighted by Crippen LogP contribution is -2.33. The van der Waals surface area contributed by atoms with Gasteiger partial charge >= 0.3 is 6.09 Å². The summed E-state index contributed by atoms with van der Waals surface area (Å²) in [6, 6.07) is 13.4. The number of hydrogen-bond donors (Lipinski definition) is 4. The van der Waals surface area contributed by atoms with Gasteiger partial charge in [-0.3, -0.25) is 14.9 Å². The molecular formula is C30H31FN8O3. The van der Waals surface area contributed by atoms with Gasteiger partial charge in [-0.15, -0.1) is 0 Å². The van der Waals surface area contributed by atoms with E-state index in [9.17, 15) is 19.2 Å². The van der Waals surface area contributed by atoms with Crippen LogP contribution in [0.4, 0.5) is 15.0 Å². The molecule has 4 rings (SSSR count). The number of pyridine rings is 2. The lowest BCUT2D eigenvalue weighted by atomic mass is 10.1. The number of alkyl carbamates (subject to hydrolysis) is 1. The van der Waals surface area contributed by atoms with Crippen molar-refractivity contribution in [1.29, 1.82) is 5.26 Å². The van der Waals surface area contributed by atoms with Crippen LogP contribution in [-0.2, 0) is 24.2 Å². The van der Waals surface area contributed by atoms with Crippen molar-refractivity contribution in [3.05, 3.63) is 94.8 Å². The first kappa shape index (κ1) is 29.7. The summed E-state index contributed by atoms with van der Waals surface area (Å²) in [7, 11) is 0. The summed E-state index contributed by atoms with van der Waals surface area (Å²) < 4.78 is 18.9. The zero-order valence-corrected chi connectivity index (χ0v) is 23.5. The number of rotatable bonds is 10. The number of amides is 2. The van der Waals surface area contributed by atoms with E-state index < -0.39 is 17.6 Å². The Kier molecular flexibility index (Phi) is 9.44. The standard InChI is InChI=1S/C30H31FN8O3/c1-30(2,3)42-29(41)36-18-25-20(7-5-10-33-25)15-35-28(40)24-13-21(14-32)26(22-16-37-38-17-22)39-27(24)34-11-9-19-6-4-8-23(31)12-19/h4-8,10,12-13,16-17H,9,11,15,18H2,1-3H3,(H,34,39)(H,35,40)(H,36,41)(H,37,38). The smallest absolute Gasteiger partial charge is 0.407 e. The molecule has 0 saturated heterocycles. The lowest BCUT2D eigenvalue weighted by Gasteiger charge is -2.20. The van der Waals surface area contributed by atoms with Crippen LogP contribution in [0.1, 0.15) is 53.5 Å². The first-order valence-electron chi connectivity index (χ1n) is 13.2. The van der Waals surface area contributed by atoms with Crippen LogP contribution < -0.4 is 16.0 Å². The molecule has 0 aliphatic heterocycles. The number of halogens is 1. The highest BCUT2D eigenvalue weighted by atomic mass is 19.1. The largest absolute Gasteiger partial charge is 0.444 e. The molecule has 0 bridgehead atoms. The molecular weight excluding hydrogens is 539 g/mol. The Morgan fingerprint density at radius 3 is 2.67 bits per heavy atom. The van der Waals surface area contributed by atoms with Crippen molar-refractivity contribution in [2.75, 3.05) is 11.9 Å². The number of nitrogens with one attached hydrogen (secondary N) is 4. The highest BCUT2D eigenvalue weighted by molar-refractivity contribution is 5.99. The van der Waals surface area contributed by atoms with E-state index in [0.717, 1.165) is 5.56 Å². The molecule has 42 heavy (non-hydrogen) atoms. The van der Waals surface area contributed by atoms with E-state index in [4.69, 9.17) is 4.74 Å². The second kappa shape index (κ2) is 13.4. The third-order valence-corrected chi connectivity index (χ3v) is 5.98. The van der Waals surface area contributed by atoms with E-state index in [1.54, 1.807) is 51.4 Å². The van der Waals surface area contributed by atoms with Gasteiger partial charge in [0.05, 0.1) is 35.3 Å². The molecule has 0 aliphatic carbocycles. The quantitative estimate of drug-likeness (QED) is 0.217. The van der Waals surface area contributed by atoms with Gasteiger partial charge in [0.25, 0.3) is 5.91 Å². The molecule has 0 radical (unpaired) electrons. The Hall–Kier alpha value is -5.31. The zero-order chi connectivity index (χ0) is 30.1. The summed E-state index contributed by atoms with van der Waals surface area (Å²) in [5.41, 5.74) is 2.69. The maximum Gasteiger partial charge on any atom is 0.407 e. The van der Waals surface area contributed by atoms with E-state index >= 15 is 0 Å². The van der Waals surface area contributed by atoms with Gasteiger partial charge in [0.1, 0.15) is 23.3 Å². The molecule has 0 atom stereocenters. The van der Waals surface area contributed by atoms with Gasteiger partial charge < -0.3 is 20.7 Å². The number of carbonyl (C=O) groups is 2. The van der Waals surface area contributed by atoms with Gasteiger partial charge in [-0.2, -0.15) is 10.4 Å². The highest BCUT2D eigenvalue weighted by Crippen LogP contribution is 2.26. The van der Waals surface area contributed by atoms with Crippen molar-refractivity contribution in [1.82, 2.24) is 30.8 Å². The van der Waals surface area contributed by atoms with Crippen LogP contribution in [0.3, 0.4) is 0 Å². The average molecular weight is 571 g/mol. The van der Waals surface area contributed by atoms with Crippen molar-refractivity contribution >= 4 is 17.8 Å². The van der Waals surface area contributed by atoms with Crippen molar-refractivity contribution in [3.63, 3.8) is 0 Å². The molecule has 0 aliphatic rings. The molecule has 0 fully saturated rings. The lowest BCUT2D eigenvalue weighted by molar-refractivity contribution is 0.0522. The highest BCUT2D eigenvalue weighted by Gasteiger charge is 2.20. The molecule has 2 amide bonds. The molecule has 4 N–H and O–H groups in total. The number of anilines is 1. The fourth-order valence-electron chi connectivity index (χ4n) is 4.06. The summed E-state index contributed by atoms with van der Waals surface area (Å²) in [6.07, 6.45) is 4.63. The zero-order valence-electron chi connectivity index (χ0n) is 23.5. The molecule has 11 nitrogen and oxygen atoms in total. The van der Waals surface area contributed by atoms with Gasteiger partial charge in [0.15, 0.2) is 0 Å². The fraction of sp³-hybridized carbons (Fsp3) is 0.267. The number of ether oxygens (including phenoxy) is 1. The third-order valence-electron chi connectivity index (χ3n) is 5.98. The third kappa shape index (κ3) is 8.11. The van der Waals surface area contributed by atoms with Crippen molar-refractivity contribution in [3.8, 4) is 17.3 Å². The molecule has 0 unspecified atom stereocenters. The van der Waals surface area contributed by atoms with E-state index in [1.165, 1.54) is 24.4 Å². The van der Waals surface area contributed by atoms with Crippen molar-refractivity contribution < 1.29 is 18.7 Å². The summed E-state index contributed by atoms with van der Waals surface area (Å²) in [6.45, 7) is 5.88. The van der Waals surface area contributed by atoms with Crippen LogP contribution >= 0.6 is 0 Å². The summed E-state index contributed by atoms with van der Waals surface area (Å²) in [5.74, 6) is -0.541. The summed E-state index contributed by atoms with van der Waals surface area (Å²) >= 11 is 0. The SMILES string of the molecule is CC(C)(C)OC(=O)NCc1ncccc1CNC(=O)c1cc(C#N)c(-c2cn[nH]c2)nc1NCCc1cccc(F)c1. The van der Waals surface area contributed by atoms with E-state index in [2.05, 4.69) is 42.2 Å².